The number of Topliss-reactive ketones (excluding diaryl/α,β-unsaturated/α-hetero) is 1. The van der Waals surface area contributed by atoms with Gasteiger partial charge in [-0.15, -0.1) is 0 Å². The number of carbonyl (C=O) groups excluding carboxylic acids is 1. The fourth-order valence-corrected chi connectivity index (χ4v) is 1.61. The lowest BCUT2D eigenvalue weighted by Crippen LogP contribution is -2.07. The lowest BCUT2D eigenvalue weighted by Gasteiger charge is -2.10. The molecule has 0 aliphatic rings. The second-order valence-corrected chi connectivity index (χ2v) is 3.67. The van der Waals surface area contributed by atoms with Crippen LogP contribution in [-0.2, 0) is 6.18 Å². The fraction of sp³-hybridized carbons (Fsp3) is 0.167. The summed E-state index contributed by atoms with van der Waals surface area (Å²) in [5.41, 5.74) is -1.01. The van der Waals surface area contributed by atoms with Crippen LogP contribution in [0.3, 0.4) is 0 Å². The monoisotopic (exact) mass is 255 g/mol. The molecule has 1 aromatic heterocycles. The summed E-state index contributed by atoms with van der Waals surface area (Å²) in [4.78, 5) is 11.3. The van der Waals surface area contributed by atoms with Gasteiger partial charge in [0, 0.05) is 5.56 Å². The average Bonchev–Trinajstić information content (AvgIpc) is 2.76. The molecule has 2 aromatic rings. The molecule has 1 heterocycles. The van der Waals surface area contributed by atoms with E-state index in [1.807, 2.05) is 0 Å². The van der Waals surface area contributed by atoms with Crippen LogP contribution < -0.4 is 0 Å². The summed E-state index contributed by atoms with van der Waals surface area (Å²) in [5.74, 6) is -0.557. The first-order chi connectivity index (χ1) is 8.41. The van der Waals surface area contributed by atoms with Crippen molar-refractivity contribution in [2.75, 3.05) is 0 Å². The van der Waals surface area contributed by atoms with E-state index >= 15 is 0 Å². The molecule has 0 amide bonds. The van der Waals surface area contributed by atoms with Crippen molar-refractivity contribution < 1.29 is 22.5 Å². The van der Waals surface area contributed by atoms with E-state index in [0.29, 0.717) is 0 Å². The van der Waals surface area contributed by atoms with Crippen molar-refractivity contribution in [2.45, 2.75) is 13.1 Å². The van der Waals surface area contributed by atoms with Gasteiger partial charge in [0.05, 0.1) is 17.3 Å². The number of rotatable bonds is 2. The van der Waals surface area contributed by atoms with Gasteiger partial charge in [0.15, 0.2) is 11.5 Å². The topological polar surface area (TPSA) is 43.1 Å². The van der Waals surface area contributed by atoms with Gasteiger partial charge in [-0.3, -0.25) is 4.79 Å². The van der Waals surface area contributed by atoms with Crippen LogP contribution in [-0.4, -0.2) is 10.9 Å². The molecule has 0 aliphatic carbocycles. The van der Waals surface area contributed by atoms with Crippen LogP contribution in [0, 0.1) is 0 Å². The quantitative estimate of drug-likeness (QED) is 0.770. The molecule has 6 heteroatoms. The molecule has 0 unspecified atom stereocenters. The average molecular weight is 255 g/mol. The van der Waals surface area contributed by atoms with Crippen molar-refractivity contribution in [3.63, 3.8) is 0 Å². The summed E-state index contributed by atoms with van der Waals surface area (Å²) >= 11 is 0. The predicted octanol–water partition coefficient (Wildman–Crippen LogP) is 3.56. The highest BCUT2D eigenvalue weighted by atomic mass is 19.4. The van der Waals surface area contributed by atoms with E-state index in [0.717, 1.165) is 12.3 Å². The maximum absolute atomic E-state index is 12.8. The summed E-state index contributed by atoms with van der Waals surface area (Å²) in [6.45, 7) is 1.24. The number of carbonyl (C=O) groups is 1. The van der Waals surface area contributed by atoms with Crippen molar-refractivity contribution in [3.8, 4) is 11.3 Å². The first kappa shape index (κ1) is 12.3. The molecular weight excluding hydrogens is 247 g/mol. The molecule has 18 heavy (non-hydrogen) atoms. The van der Waals surface area contributed by atoms with Crippen LogP contribution in [0.5, 0.6) is 0 Å². The van der Waals surface area contributed by atoms with Crippen LogP contribution in [0.25, 0.3) is 11.3 Å². The number of hydrogen-bond donors (Lipinski definition) is 0. The number of nitrogens with zero attached hydrogens (tertiary/aromatic N) is 1. The Morgan fingerprint density at radius 2 is 1.94 bits per heavy atom. The second kappa shape index (κ2) is 4.29. The zero-order chi connectivity index (χ0) is 13.3. The molecule has 0 aliphatic heterocycles. The molecule has 1 aromatic carbocycles. The van der Waals surface area contributed by atoms with Crippen molar-refractivity contribution >= 4 is 5.78 Å². The molecule has 2 rings (SSSR count). The summed E-state index contributed by atoms with van der Waals surface area (Å²) in [7, 11) is 0. The minimum Gasteiger partial charge on any atom is -0.355 e. The zero-order valence-electron chi connectivity index (χ0n) is 9.28. The Morgan fingerprint density at radius 1 is 1.28 bits per heavy atom. The molecule has 0 fully saturated rings. The van der Waals surface area contributed by atoms with Gasteiger partial charge in [-0.2, -0.15) is 13.2 Å². The van der Waals surface area contributed by atoms with E-state index in [1.165, 1.54) is 25.1 Å². The molecule has 3 nitrogen and oxygen atoms in total. The Balaban J connectivity index is 2.65. The summed E-state index contributed by atoms with van der Waals surface area (Å²) in [6.07, 6.45) is -3.40. The van der Waals surface area contributed by atoms with Gasteiger partial charge in [-0.25, -0.2) is 0 Å². The first-order valence-corrected chi connectivity index (χ1v) is 5.03. The van der Waals surface area contributed by atoms with Crippen LogP contribution in [0.2, 0.25) is 0 Å². The third kappa shape index (κ3) is 2.13. The Kier molecular flexibility index (Phi) is 2.94. The van der Waals surface area contributed by atoms with Gasteiger partial charge >= 0.3 is 6.18 Å². The van der Waals surface area contributed by atoms with Crippen molar-refractivity contribution in [3.05, 3.63) is 41.6 Å². The summed E-state index contributed by atoms with van der Waals surface area (Å²) in [6, 6.07) is 4.89. The summed E-state index contributed by atoms with van der Waals surface area (Å²) in [5, 5.41) is 3.38. The van der Waals surface area contributed by atoms with Crippen molar-refractivity contribution in [1.82, 2.24) is 5.16 Å². The molecule has 0 saturated carbocycles. The van der Waals surface area contributed by atoms with Crippen molar-refractivity contribution in [1.29, 1.82) is 0 Å². The first-order valence-electron chi connectivity index (χ1n) is 5.03. The van der Waals surface area contributed by atoms with Crippen LogP contribution in [0.15, 0.2) is 35.0 Å². The highest BCUT2D eigenvalue weighted by molar-refractivity contribution is 5.99. The van der Waals surface area contributed by atoms with Crippen LogP contribution in [0.1, 0.15) is 22.8 Å². The molecule has 0 bridgehead atoms. The van der Waals surface area contributed by atoms with Gasteiger partial charge in [-0.05, 0) is 13.0 Å². The number of benzene rings is 1. The van der Waals surface area contributed by atoms with E-state index in [4.69, 9.17) is 4.52 Å². The highest BCUT2D eigenvalue weighted by Crippen LogP contribution is 2.37. The normalized spacial score (nSPS) is 11.6. The maximum Gasteiger partial charge on any atom is 0.417 e. The maximum atomic E-state index is 12.8. The van der Waals surface area contributed by atoms with Gasteiger partial charge in [-0.1, -0.05) is 23.4 Å². The largest absolute Gasteiger partial charge is 0.417 e. The SMILES string of the molecule is CC(=O)c1cnoc1-c1ccccc1C(F)(F)F. The second-order valence-electron chi connectivity index (χ2n) is 3.67. The molecule has 0 spiro atoms. The number of alkyl halides is 3. The lowest BCUT2D eigenvalue weighted by molar-refractivity contribution is -0.137. The van der Waals surface area contributed by atoms with E-state index in [2.05, 4.69) is 5.16 Å². The third-order valence-corrected chi connectivity index (χ3v) is 2.43. The molecule has 94 valence electrons. The van der Waals surface area contributed by atoms with Crippen LogP contribution >= 0.6 is 0 Å². The summed E-state index contributed by atoms with van der Waals surface area (Å²) < 4.78 is 43.3. The Hall–Kier alpha value is -2.11. The molecule has 0 saturated heterocycles. The minimum absolute atomic E-state index is 0.0340. The van der Waals surface area contributed by atoms with Crippen LogP contribution in [0.4, 0.5) is 13.2 Å². The highest BCUT2D eigenvalue weighted by Gasteiger charge is 2.35. The number of hydrogen-bond acceptors (Lipinski definition) is 3. The Bertz CT molecular complexity index is 587. The Labute approximate surface area is 100 Å². The Morgan fingerprint density at radius 3 is 2.56 bits per heavy atom. The minimum atomic E-state index is -4.52. The standard InChI is InChI=1S/C12H8F3NO2/c1-7(17)9-6-16-18-11(9)8-4-2-3-5-10(8)12(13,14)15/h2-6H,1H3. The lowest BCUT2D eigenvalue weighted by atomic mass is 10.0. The van der Waals surface area contributed by atoms with Gasteiger partial charge in [0.1, 0.15) is 0 Å². The number of aromatic nitrogens is 1. The molecule has 0 radical (unpaired) electrons. The molecule has 0 atom stereocenters. The van der Waals surface area contributed by atoms with Crippen molar-refractivity contribution in [2.24, 2.45) is 0 Å². The van der Waals surface area contributed by atoms with Gasteiger partial charge in [0.25, 0.3) is 0 Å². The van der Waals surface area contributed by atoms with E-state index in [-0.39, 0.29) is 16.9 Å². The van der Waals surface area contributed by atoms with Gasteiger partial charge in [0.2, 0.25) is 0 Å². The predicted molar refractivity (Wildman–Crippen MR) is 56.9 cm³/mol. The molecule has 0 N–H and O–H groups in total. The zero-order valence-corrected chi connectivity index (χ0v) is 9.28. The smallest absolute Gasteiger partial charge is 0.355 e. The van der Waals surface area contributed by atoms with E-state index < -0.39 is 17.5 Å². The number of halogens is 3. The molecular formula is C12H8F3NO2. The van der Waals surface area contributed by atoms with Gasteiger partial charge < -0.3 is 4.52 Å². The number of ketones is 1. The van der Waals surface area contributed by atoms with E-state index in [1.54, 1.807) is 0 Å². The third-order valence-electron chi connectivity index (χ3n) is 2.43. The fourth-order valence-electron chi connectivity index (χ4n) is 1.61. The van der Waals surface area contributed by atoms with E-state index in [9.17, 15) is 18.0 Å².